The van der Waals surface area contributed by atoms with Crippen LogP contribution >= 0.6 is 0 Å². The molecule has 2 aromatic carbocycles. The number of benzene rings is 2. The van der Waals surface area contributed by atoms with E-state index in [2.05, 4.69) is 30.4 Å². The molecule has 10 heteroatoms. The van der Waals surface area contributed by atoms with E-state index in [0.717, 1.165) is 11.2 Å². The molecule has 4 aromatic heterocycles. The monoisotopic (exact) mass is 412 g/mol. The topological polar surface area (TPSA) is 110 Å². The molecule has 0 bridgehead atoms. The summed E-state index contributed by atoms with van der Waals surface area (Å²) in [6, 6.07) is 15.3. The summed E-state index contributed by atoms with van der Waals surface area (Å²) in [5, 5.41) is 12.8. The van der Waals surface area contributed by atoms with E-state index in [0.29, 0.717) is 33.6 Å². The summed E-state index contributed by atoms with van der Waals surface area (Å²) < 4.78 is 17.0. The first kappa shape index (κ1) is 17.3. The van der Waals surface area contributed by atoms with E-state index in [1.807, 2.05) is 24.3 Å². The molecule has 0 fully saturated rings. The van der Waals surface area contributed by atoms with Crippen LogP contribution in [0.3, 0.4) is 0 Å². The van der Waals surface area contributed by atoms with Crippen molar-refractivity contribution in [1.82, 2.24) is 39.7 Å². The fourth-order valence-electron chi connectivity index (χ4n) is 3.62. The van der Waals surface area contributed by atoms with Crippen molar-refractivity contribution in [3.8, 4) is 22.8 Å². The van der Waals surface area contributed by atoms with Crippen LogP contribution in [-0.4, -0.2) is 39.7 Å². The Bertz CT molecular complexity index is 1640. The van der Waals surface area contributed by atoms with Crippen LogP contribution in [0.4, 0.5) is 4.39 Å². The molecule has 6 rings (SSSR count). The van der Waals surface area contributed by atoms with Crippen molar-refractivity contribution in [2.45, 2.75) is 0 Å². The molecular weight excluding hydrogens is 399 g/mol. The predicted molar refractivity (Wildman–Crippen MR) is 112 cm³/mol. The van der Waals surface area contributed by atoms with Gasteiger partial charge in [-0.2, -0.15) is 5.10 Å². The van der Waals surface area contributed by atoms with Gasteiger partial charge in [-0.25, -0.2) is 18.5 Å². The minimum Gasteiger partial charge on any atom is -0.306 e. The molecule has 0 atom stereocenters. The van der Waals surface area contributed by atoms with Crippen molar-refractivity contribution >= 4 is 22.1 Å². The maximum Gasteiger partial charge on any atom is 0.323 e. The number of aromatic nitrogens is 8. The van der Waals surface area contributed by atoms with Crippen LogP contribution in [0.5, 0.6) is 0 Å². The molecular formula is C21H13FN8O. The molecule has 0 spiro atoms. The molecule has 6 aromatic rings. The third-order valence-electron chi connectivity index (χ3n) is 5.03. The van der Waals surface area contributed by atoms with Gasteiger partial charge in [-0.3, -0.25) is 4.98 Å². The Balaban J connectivity index is 1.50. The molecule has 31 heavy (non-hydrogen) atoms. The Labute approximate surface area is 172 Å². The van der Waals surface area contributed by atoms with E-state index in [9.17, 15) is 9.18 Å². The summed E-state index contributed by atoms with van der Waals surface area (Å²) in [4.78, 5) is 21.5. The first-order chi connectivity index (χ1) is 15.2. The second kappa shape index (κ2) is 6.46. The average molecular weight is 412 g/mol. The number of imidazole rings is 1. The van der Waals surface area contributed by atoms with Crippen molar-refractivity contribution in [3.63, 3.8) is 0 Å². The van der Waals surface area contributed by atoms with Gasteiger partial charge in [0.05, 0.1) is 51.7 Å². The van der Waals surface area contributed by atoms with Crippen molar-refractivity contribution in [2.75, 3.05) is 0 Å². The Morgan fingerprint density at radius 3 is 2.68 bits per heavy atom. The standard InChI is InChI=1S/C21H13FN8O/c22-12-2-1-3-13(8-12)29-19(6-7-24-29)17-10-20-18(11-23-17)27-28-30(20)14-4-5-15-16(9-14)26-21(31)25-15/h1-11H,(H2,25,26,31). The number of nitrogens with one attached hydrogen (secondary N) is 2. The number of halogens is 1. The highest BCUT2D eigenvalue weighted by Crippen LogP contribution is 2.25. The number of fused-ring (bicyclic) bond motifs is 2. The Kier molecular flexibility index (Phi) is 3.60. The summed E-state index contributed by atoms with van der Waals surface area (Å²) in [7, 11) is 0. The molecule has 2 N–H and O–H groups in total. The average Bonchev–Trinajstić information content (AvgIpc) is 3.49. The van der Waals surface area contributed by atoms with Crippen LogP contribution in [0.1, 0.15) is 0 Å². The lowest BCUT2D eigenvalue weighted by molar-refractivity contribution is 0.625. The Morgan fingerprint density at radius 1 is 0.903 bits per heavy atom. The smallest absolute Gasteiger partial charge is 0.306 e. The molecule has 0 aliphatic heterocycles. The SMILES string of the molecule is O=c1[nH]c2ccc(-n3nnc4cnc(-c5ccnn5-c5cccc(F)c5)cc43)cc2[nH]1. The Morgan fingerprint density at radius 2 is 1.77 bits per heavy atom. The molecule has 0 radical (unpaired) electrons. The molecule has 0 saturated carbocycles. The summed E-state index contributed by atoms with van der Waals surface area (Å²) in [6.07, 6.45) is 3.27. The van der Waals surface area contributed by atoms with E-state index in [1.165, 1.54) is 12.1 Å². The van der Waals surface area contributed by atoms with Gasteiger partial charge in [-0.1, -0.05) is 11.3 Å². The molecule has 0 aliphatic rings. The van der Waals surface area contributed by atoms with Crippen LogP contribution in [-0.2, 0) is 0 Å². The van der Waals surface area contributed by atoms with Crippen LogP contribution in [0, 0.1) is 5.82 Å². The maximum atomic E-state index is 13.7. The van der Waals surface area contributed by atoms with E-state index >= 15 is 0 Å². The number of hydrogen-bond acceptors (Lipinski definition) is 5. The highest BCUT2D eigenvalue weighted by Gasteiger charge is 2.14. The van der Waals surface area contributed by atoms with Crippen molar-refractivity contribution in [1.29, 1.82) is 0 Å². The third kappa shape index (κ3) is 2.81. The van der Waals surface area contributed by atoms with E-state index in [-0.39, 0.29) is 11.5 Å². The summed E-state index contributed by atoms with van der Waals surface area (Å²) in [6.45, 7) is 0. The van der Waals surface area contributed by atoms with Gasteiger partial charge in [0.25, 0.3) is 0 Å². The lowest BCUT2D eigenvalue weighted by atomic mass is 10.2. The third-order valence-corrected chi connectivity index (χ3v) is 5.03. The lowest BCUT2D eigenvalue weighted by Gasteiger charge is -2.08. The Hall–Kier alpha value is -4.60. The maximum absolute atomic E-state index is 13.7. The van der Waals surface area contributed by atoms with Crippen LogP contribution in [0.25, 0.3) is 44.8 Å². The normalized spacial score (nSPS) is 11.5. The number of aromatic amines is 2. The van der Waals surface area contributed by atoms with Gasteiger partial charge >= 0.3 is 5.69 Å². The summed E-state index contributed by atoms with van der Waals surface area (Å²) in [5.41, 5.74) is 5.12. The number of nitrogens with zero attached hydrogens (tertiary/aromatic N) is 6. The molecule has 9 nitrogen and oxygen atoms in total. The minimum absolute atomic E-state index is 0.271. The summed E-state index contributed by atoms with van der Waals surface area (Å²) >= 11 is 0. The zero-order valence-corrected chi connectivity index (χ0v) is 15.8. The van der Waals surface area contributed by atoms with Crippen molar-refractivity contribution in [2.24, 2.45) is 0 Å². The van der Waals surface area contributed by atoms with Gasteiger partial charge in [-0.05, 0) is 48.5 Å². The van der Waals surface area contributed by atoms with Crippen LogP contribution in [0.2, 0.25) is 0 Å². The zero-order chi connectivity index (χ0) is 20.9. The second-order valence-corrected chi connectivity index (χ2v) is 6.98. The van der Waals surface area contributed by atoms with Gasteiger partial charge in [-0.15, -0.1) is 5.10 Å². The van der Waals surface area contributed by atoms with Crippen LogP contribution < -0.4 is 5.69 Å². The van der Waals surface area contributed by atoms with E-state index < -0.39 is 0 Å². The fourth-order valence-corrected chi connectivity index (χ4v) is 3.62. The highest BCUT2D eigenvalue weighted by molar-refractivity contribution is 5.82. The number of H-pyrrole nitrogens is 2. The van der Waals surface area contributed by atoms with Crippen LogP contribution in [0.15, 0.2) is 71.8 Å². The lowest BCUT2D eigenvalue weighted by Crippen LogP contribution is -2.01. The zero-order valence-electron chi connectivity index (χ0n) is 15.8. The van der Waals surface area contributed by atoms with E-state index in [1.54, 1.807) is 40.0 Å². The molecule has 0 saturated heterocycles. The van der Waals surface area contributed by atoms with Gasteiger partial charge in [0, 0.05) is 0 Å². The van der Waals surface area contributed by atoms with E-state index in [4.69, 9.17) is 0 Å². The number of pyridine rings is 1. The van der Waals surface area contributed by atoms with Crippen molar-refractivity contribution in [3.05, 3.63) is 83.3 Å². The fraction of sp³-hybridized carbons (Fsp3) is 0. The highest BCUT2D eigenvalue weighted by atomic mass is 19.1. The van der Waals surface area contributed by atoms with Gasteiger partial charge in [0.15, 0.2) is 0 Å². The molecule has 150 valence electrons. The molecule has 0 amide bonds. The quantitative estimate of drug-likeness (QED) is 0.464. The van der Waals surface area contributed by atoms with Gasteiger partial charge < -0.3 is 9.97 Å². The van der Waals surface area contributed by atoms with Gasteiger partial charge in [0.1, 0.15) is 11.3 Å². The molecule has 0 aliphatic carbocycles. The van der Waals surface area contributed by atoms with Gasteiger partial charge in [0.2, 0.25) is 0 Å². The largest absolute Gasteiger partial charge is 0.323 e. The molecule has 4 heterocycles. The first-order valence-corrected chi connectivity index (χ1v) is 9.40. The number of hydrogen-bond donors (Lipinski definition) is 2. The first-order valence-electron chi connectivity index (χ1n) is 9.40. The molecule has 0 unspecified atom stereocenters. The number of rotatable bonds is 3. The van der Waals surface area contributed by atoms with Crippen molar-refractivity contribution < 1.29 is 4.39 Å². The minimum atomic E-state index is -0.345. The second-order valence-electron chi connectivity index (χ2n) is 6.98. The summed E-state index contributed by atoms with van der Waals surface area (Å²) in [5.74, 6) is -0.345. The predicted octanol–water partition coefficient (Wildman–Crippen LogP) is 2.98.